The van der Waals surface area contributed by atoms with Crippen LogP contribution in [0.5, 0.6) is 0 Å². The standard InChI is InChI=1S/C31H38ClN3O4S/c1-4-7-21-33-31(37)29(6-3)34(22-25-13-11-12-16-28(25)32)30(36)23-35(26-19-17-24(5-2)18-20-26)40(38,39)27-14-9-8-10-15-27/h8-20,29H,4-7,21-23H2,1-3H3,(H,33,37)/t29-/m0/s1. The minimum atomic E-state index is -4.09. The molecule has 9 heteroatoms. The van der Waals surface area contributed by atoms with E-state index in [0.29, 0.717) is 29.2 Å². The van der Waals surface area contributed by atoms with E-state index in [1.54, 1.807) is 48.5 Å². The Kier molecular flexibility index (Phi) is 11.6. The maximum Gasteiger partial charge on any atom is 0.264 e. The van der Waals surface area contributed by atoms with Gasteiger partial charge >= 0.3 is 0 Å². The van der Waals surface area contributed by atoms with Crippen LogP contribution < -0.4 is 9.62 Å². The van der Waals surface area contributed by atoms with Gasteiger partial charge in [0.2, 0.25) is 11.8 Å². The Hall–Kier alpha value is -3.36. The monoisotopic (exact) mass is 583 g/mol. The fraction of sp³-hybridized carbons (Fsp3) is 0.355. The molecule has 0 saturated carbocycles. The second-order valence-electron chi connectivity index (χ2n) is 9.53. The zero-order chi connectivity index (χ0) is 29.1. The van der Waals surface area contributed by atoms with Crippen LogP contribution in [0, 0.1) is 0 Å². The number of sulfonamides is 1. The largest absolute Gasteiger partial charge is 0.354 e. The lowest BCUT2D eigenvalue weighted by molar-refractivity contribution is -0.140. The van der Waals surface area contributed by atoms with Crippen LogP contribution in [0.15, 0.2) is 83.8 Å². The van der Waals surface area contributed by atoms with Gasteiger partial charge in [-0.15, -0.1) is 0 Å². The number of carbonyl (C=O) groups is 2. The number of hydrogen-bond acceptors (Lipinski definition) is 4. The van der Waals surface area contributed by atoms with E-state index in [2.05, 4.69) is 5.32 Å². The lowest BCUT2D eigenvalue weighted by atomic mass is 10.1. The number of halogens is 1. The van der Waals surface area contributed by atoms with Crippen molar-refractivity contribution in [2.45, 2.75) is 63.9 Å². The molecule has 0 heterocycles. The summed E-state index contributed by atoms with van der Waals surface area (Å²) in [6.07, 6.45) is 2.88. The van der Waals surface area contributed by atoms with Crippen molar-refractivity contribution in [3.8, 4) is 0 Å². The summed E-state index contributed by atoms with van der Waals surface area (Å²) in [6.45, 7) is 5.96. The van der Waals surface area contributed by atoms with Crippen LogP contribution in [0.4, 0.5) is 5.69 Å². The maximum atomic E-state index is 14.1. The number of carbonyl (C=O) groups excluding carboxylic acids is 2. The molecular weight excluding hydrogens is 546 g/mol. The molecule has 1 atom stereocenters. The lowest BCUT2D eigenvalue weighted by Gasteiger charge is -2.33. The predicted molar refractivity (Wildman–Crippen MR) is 161 cm³/mol. The van der Waals surface area contributed by atoms with Crippen LogP contribution in [-0.4, -0.2) is 44.3 Å². The van der Waals surface area contributed by atoms with E-state index in [9.17, 15) is 18.0 Å². The van der Waals surface area contributed by atoms with Gasteiger partial charge in [-0.25, -0.2) is 8.42 Å². The van der Waals surface area contributed by atoms with Gasteiger partial charge < -0.3 is 10.2 Å². The molecular formula is C31H38ClN3O4S. The number of rotatable bonds is 14. The number of aryl methyl sites for hydroxylation is 1. The molecule has 3 rings (SSSR count). The first kappa shape index (κ1) is 31.2. The first-order chi connectivity index (χ1) is 19.2. The Balaban J connectivity index is 2.03. The second-order valence-corrected chi connectivity index (χ2v) is 11.8. The highest BCUT2D eigenvalue weighted by atomic mass is 35.5. The van der Waals surface area contributed by atoms with Gasteiger partial charge in [-0.05, 0) is 60.7 Å². The van der Waals surface area contributed by atoms with Crippen LogP contribution in [0.3, 0.4) is 0 Å². The zero-order valence-electron chi connectivity index (χ0n) is 23.3. The van der Waals surface area contributed by atoms with Crippen molar-refractivity contribution in [1.29, 1.82) is 0 Å². The number of nitrogens with one attached hydrogen (secondary N) is 1. The van der Waals surface area contributed by atoms with Gasteiger partial charge in [0.15, 0.2) is 0 Å². The molecule has 0 fully saturated rings. The first-order valence-electron chi connectivity index (χ1n) is 13.7. The second kappa shape index (κ2) is 14.9. The number of benzene rings is 3. The smallest absolute Gasteiger partial charge is 0.264 e. The van der Waals surface area contributed by atoms with Crippen LogP contribution in [-0.2, 0) is 32.6 Å². The van der Waals surface area contributed by atoms with E-state index in [1.165, 1.54) is 17.0 Å². The molecule has 1 N–H and O–H groups in total. The Morgan fingerprint density at radius 1 is 0.900 bits per heavy atom. The number of hydrogen-bond donors (Lipinski definition) is 1. The predicted octanol–water partition coefficient (Wildman–Crippen LogP) is 5.82. The Labute approximate surface area is 243 Å². The molecule has 0 saturated heterocycles. The van der Waals surface area contributed by atoms with Gasteiger partial charge in [-0.3, -0.25) is 13.9 Å². The highest BCUT2D eigenvalue weighted by Crippen LogP contribution is 2.26. The third-order valence-corrected chi connectivity index (χ3v) is 8.91. The van der Waals surface area contributed by atoms with E-state index >= 15 is 0 Å². The molecule has 7 nitrogen and oxygen atoms in total. The van der Waals surface area contributed by atoms with Gasteiger partial charge in [0.1, 0.15) is 12.6 Å². The Bertz CT molecular complexity index is 1360. The third-order valence-electron chi connectivity index (χ3n) is 6.76. The molecule has 0 spiro atoms. The molecule has 0 aliphatic rings. The van der Waals surface area contributed by atoms with E-state index in [1.807, 2.05) is 39.0 Å². The Morgan fingerprint density at radius 3 is 2.15 bits per heavy atom. The molecule has 214 valence electrons. The summed E-state index contributed by atoms with van der Waals surface area (Å²) in [7, 11) is -4.09. The Morgan fingerprint density at radius 2 is 1.55 bits per heavy atom. The average molecular weight is 584 g/mol. The van der Waals surface area contributed by atoms with Crippen molar-refractivity contribution < 1.29 is 18.0 Å². The van der Waals surface area contributed by atoms with Gasteiger partial charge in [0.25, 0.3) is 10.0 Å². The lowest BCUT2D eigenvalue weighted by Crippen LogP contribution is -2.52. The summed E-state index contributed by atoms with van der Waals surface area (Å²) in [5.41, 5.74) is 2.08. The normalized spacial score (nSPS) is 12.0. The van der Waals surface area contributed by atoms with E-state index in [0.717, 1.165) is 29.1 Å². The third kappa shape index (κ3) is 7.86. The van der Waals surface area contributed by atoms with Crippen molar-refractivity contribution in [2.24, 2.45) is 0 Å². The van der Waals surface area contributed by atoms with Crippen molar-refractivity contribution in [3.05, 3.63) is 95.0 Å². The number of amides is 2. The fourth-order valence-electron chi connectivity index (χ4n) is 4.38. The SMILES string of the molecule is CCCCNC(=O)[C@H](CC)N(Cc1ccccc1Cl)C(=O)CN(c1ccc(CC)cc1)S(=O)(=O)c1ccccc1. The highest BCUT2D eigenvalue weighted by molar-refractivity contribution is 7.92. The molecule has 3 aromatic carbocycles. The number of unbranched alkanes of at least 4 members (excludes halogenated alkanes) is 1. The van der Waals surface area contributed by atoms with E-state index < -0.39 is 28.5 Å². The van der Waals surface area contributed by atoms with Crippen LogP contribution in [0.1, 0.15) is 51.2 Å². The molecule has 3 aromatic rings. The fourth-order valence-corrected chi connectivity index (χ4v) is 6.01. The average Bonchev–Trinajstić information content (AvgIpc) is 2.97. The molecule has 0 bridgehead atoms. The summed E-state index contributed by atoms with van der Waals surface area (Å²) in [6, 6.07) is 21.5. The summed E-state index contributed by atoms with van der Waals surface area (Å²) in [5.74, 6) is -0.780. The molecule has 40 heavy (non-hydrogen) atoms. The molecule has 0 aliphatic heterocycles. The quantitative estimate of drug-likeness (QED) is 0.242. The minimum Gasteiger partial charge on any atom is -0.354 e. The van der Waals surface area contributed by atoms with Gasteiger partial charge in [-0.2, -0.15) is 0 Å². The summed E-state index contributed by atoms with van der Waals surface area (Å²) in [4.78, 5) is 28.8. The van der Waals surface area contributed by atoms with E-state index in [4.69, 9.17) is 11.6 Å². The van der Waals surface area contributed by atoms with Gasteiger partial charge in [0.05, 0.1) is 10.6 Å². The van der Waals surface area contributed by atoms with Crippen molar-refractivity contribution in [2.75, 3.05) is 17.4 Å². The van der Waals surface area contributed by atoms with Crippen molar-refractivity contribution >= 4 is 39.1 Å². The summed E-state index contributed by atoms with van der Waals surface area (Å²) in [5, 5.41) is 3.39. The van der Waals surface area contributed by atoms with Crippen molar-refractivity contribution in [1.82, 2.24) is 10.2 Å². The molecule has 0 aliphatic carbocycles. The first-order valence-corrected chi connectivity index (χ1v) is 15.5. The van der Waals surface area contributed by atoms with Gasteiger partial charge in [0, 0.05) is 18.1 Å². The number of anilines is 1. The van der Waals surface area contributed by atoms with Crippen LogP contribution >= 0.6 is 11.6 Å². The van der Waals surface area contributed by atoms with E-state index in [-0.39, 0.29) is 17.3 Å². The van der Waals surface area contributed by atoms with Crippen LogP contribution in [0.2, 0.25) is 5.02 Å². The molecule has 2 amide bonds. The van der Waals surface area contributed by atoms with Crippen molar-refractivity contribution in [3.63, 3.8) is 0 Å². The summed E-state index contributed by atoms with van der Waals surface area (Å²) < 4.78 is 28.8. The zero-order valence-corrected chi connectivity index (χ0v) is 24.9. The molecule has 0 unspecified atom stereocenters. The van der Waals surface area contributed by atoms with Crippen LogP contribution in [0.25, 0.3) is 0 Å². The molecule has 0 radical (unpaired) electrons. The highest BCUT2D eigenvalue weighted by Gasteiger charge is 2.33. The number of nitrogens with zero attached hydrogens (tertiary/aromatic N) is 2. The maximum absolute atomic E-state index is 14.1. The van der Waals surface area contributed by atoms with Gasteiger partial charge in [-0.1, -0.05) is 87.3 Å². The summed E-state index contributed by atoms with van der Waals surface area (Å²) >= 11 is 6.44. The minimum absolute atomic E-state index is 0.0617. The molecule has 0 aromatic heterocycles. The topological polar surface area (TPSA) is 86.8 Å².